The molecule has 2 aromatic carbocycles. The SMILES string of the molecule is COCCOCCOCCOCCOCCOCCN[S+]([O-])/C(C#N)=C/c1ccc2cc(N3CCCCC3)ccc2c1. The Balaban J connectivity index is 1.23. The lowest BCUT2D eigenvalue weighted by molar-refractivity contribution is -0.0143. The van der Waals surface area contributed by atoms with Crippen molar-refractivity contribution in [2.75, 3.05) is 104 Å². The Morgan fingerprint density at radius 3 is 1.95 bits per heavy atom. The van der Waals surface area contributed by atoms with E-state index in [0.29, 0.717) is 79.2 Å². The molecule has 0 saturated carbocycles. The van der Waals surface area contributed by atoms with Crippen LogP contribution in [0, 0.1) is 11.3 Å². The summed E-state index contributed by atoms with van der Waals surface area (Å²) in [4.78, 5) is 2.61. The lowest BCUT2D eigenvalue weighted by Crippen LogP contribution is -2.29. The van der Waals surface area contributed by atoms with Crippen molar-refractivity contribution in [1.82, 2.24) is 4.72 Å². The van der Waals surface area contributed by atoms with E-state index in [4.69, 9.17) is 28.4 Å². The minimum Gasteiger partial charge on any atom is -0.592 e. The Bertz CT molecular complexity index is 1090. The molecule has 0 aromatic heterocycles. The third-order valence-electron chi connectivity index (χ3n) is 6.58. The molecule has 3 rings (SSSR count). The lowest BCUT2D eigenvalue weighted by atomic mass is 10.0. The Hall–Kier alpha value is -2.24. The number of nitriles is 1. The molecule has 0 bridgehead atoms. The average molecular weight is 604 g/mol. The molecule has 0 spiro atoms. The van der Waals surface area contributed by atoms with Crippen LogP contribution in [0.1, 0.15) is 24.8 Å². The van der Waals surface area contributed by atoms with Crippen LogP contribution in [-0.4, -0.2) is 104 Å². The zero-order chi connectivity index (χ0) is 29.7. The molecular formula is C31H45N3O7S. The fraction of sp³-hybridized carbons (Fsp3) is 0.581. The number of ether oxygens (including phenoxy) is 6. The number of allylic oxidation sites excluding steroid dienone is 1. The molecule has 10 nitrogen and oxygen atoms in total. The predicted molar refractivity (Wildman–Crippen MR) is 166 cm³/mol. The molecule has 1 unspecified atom stereocenters. The van der Waals surface area contributed by atoms with Crippen LogP contribution in [0.3, 0.4) is 0 Å². The van der Waals surface area contributed by atoms with Gasteiger partial charge in [-0.3, -0.25) is 0 Å². The Kier molecular flexibility index (Phi) is 17.5. The molecule has 1 aliphatic heterocycles. The monoisotopic (exact) mass is 603 g/mol. The first kappa shape index (κ1) is 34.3. The maximum absolute atomic E-state index is 12.6. The van der Waals surface area contributed by atoms with Crippen LogP contribution in [-0.2, 0) is 39.8 Å². The van der Waals surface area contributed by atoms with Crippen LogP contribution in [0.2, 0.25) is 0 Å². The van der Waals surface area contributed by atoms with Crippen molar-refractivity contribution < 1.29 is 33.0 Å². The van der Waals surface area contributed by atoms with Gasteiger partial charge in [0.25, 0.3) is 4.91 Å². The molecule has 0 aliphatic carbocycles. The van der Waals surface area contributed by atoms with Gasteiger partial charge in [-0.05, 0) is 53.8 Å². The standard InChI is InChI=1S/C31H45N3O7S/c1-36-13-14-38-17-18-40-21-22-41-20-19-39-16-15-37-12-9-33-42(35)31(26-32)24-27-5-6-29-25-30(8-7-28(29)23-27)34-10-3-2-4-11-34/h5-8,23-25,33H,2-4,9-22H2,1H3/b31-24+. The van der Waals surface area contributed by atoms with Gasteiger partial charge in [0, 0.05) is 32.0 Å². The van der Waals surface area contributed by atoms with E-state index in [1.807, 2.05) is 12.1 Å². The van der Waals surface area contributed by atoms with Crippen LogP contribution in [0.15, 0.2) is 41.3 Å². The number of rotatable bonds is 22. The first-order valence-corrected chi connectivity index (χ1v) is 15.8. The molecule has 0 amide bonds. The first-order chi connectivity index (χ1) is 20.7. The van der Waals surface area contributed by atoms with Crippen molar-refractivity contribution in [1.29, 1.82) is 5.26 Å². The normalized spacial score (nSPS) is 14.8. The van der Waals surface area contributed by atoms with Gasteiger partial charge in [-0.15, -0.1) is 4.72 Å². The molecule has 232 valence electrons. The molecular weight excluding hydrogens is 558 g/mol. The van der Waals surface area contributed by atoms with Crippen LogP contribution >= 0.6 is 0 Å². The largest absolute Gasteiger partial charge is 0.592 e. The van der Waals surface area contributed by atoms with E-state index in [-0.39, 0.29) is 4.91 Å². The van der Waals surface area contributed by atoms with E-state index in [0.717, 1.165) is 29.4 Å². The number of benzene rings is 2. The highest BCUT2D eigenvalue weighted by molar-refractivity contribution is 7.93. The highest BCUT2D eigenvalue weighted by Gasteiger charge is 2.15. The van der Waals surface area contributed by atoms with Crippen molar-refractivity contribution >= 4 is 33.9 Å². The Morgan fingerprint density at radius 2 is 1.36 bits per heavy atom. The van der Waals surface area contributed by atoms with Gasteiger partial charge in [-0.2, -0.15) is 5.26 Å². The van der Waals surface area contributed by atoms with Gasteiger partial charge >= 0.3 is 0 Å². The summed E-state index contributed by atoms with van der Waals surface area (Å²) < 4.78 is 47.5. The number of nitrogens with one attached hydrogen (secondary N) is 1. The molecule has 1 heterocycles. The number of hydrogen-bond donors (Lipinski definition) is 1. The minimum atomic E-state index is -1.62. The zero-order valence-electron chi connectivity index (χ0n) is 24.7. The summed E-state index contributed by atoms with van der Waals surface area (Å²) in [5.74, 6) is 0. The third-order valence-corrected chi connectivity index (χ3v) is 7.65. The van der Waals surface area contributed by atoms with Crippen LogP contribution in [0.5, 0.6) is 0 Å². The molecule has 1 aliphatic rings. The van der Waals surface area contributed by atoms with Crippen LogP contribution < -0.4 is 9.62 Å². The van der Waals surface area contributed by atoms with Crippen molar-refractivity contribution in [3.05, 3.63) is 46.9 Å². The van der Waals surface area contributed by atoms with Crippen molar-refractivity contribution in [2.24, 2.45) is 0 Å². The van der Waals surface area contributed by atoms with E-state index >= 15 is 0 Å². The maximum atomic E-state index is 12.6. The van der Waals surface area contributed by atoms with Crippen molar-refractivity contribution in [3.63, 3.8) is 0 Å². The number of anilines is 1. The lowest BCUT2D eigenvalue weighted by Gasteiger charge is -2.29. The number of fused-ring (bicyclic) bond motifs is 1. The summed E-state index contributed by atoms with van der Waals surface area (Å²) in [6.45, 7) is 7.95. The topological polar surface area (TPSA) is 118 Å². The summed E-state index contributed by atoms with van der Waals surface area (Å²) in [6.07, 6.45) is 5.46. The number of methoxy groups -OCH3 is 1. The maximum Gasteiger partial charge on any atom is 0.250 e. The van der Waals surface area contributed by atoms with Gasteiger partial charge in [-0.25, -0.2) is 0 Å². The van der Waals surface area contributed by atoms with E-state index in [2.05, 4.69) is 40.0 Å². The summed E-state index contributed by atoms with van der Waals surface area (Å²) >= 11 is -1.62. The average Bonchev–Trinajstić information content (AvgIpc) is 3.03. The highest BCUT2D eigenvalue weighted by atomic mass is 32.2. The van der Waals surface area contributed by atoms with Gasteiger partial charge in [0.05, 0.1) is 90.6 Å². The van der Waals surface area contributed by atoms with E-state index in [1.54, 1.807) is 13.2 Å². The van der Waals surface area contributed by atoms with Gasteiger partial charge in [-0.1, -0.05) is 18.2 Å². The molecule has 0 radical (unpaired) electrons. The van der Waals surface area contributed by atoms with Gasteiger partial charge in [0.1, 0.15) is 0 Å². The quantitative estimate of drug-likeness (QED) is 0.121. The van der Waals surface area contributed by atoms with E-state index in [9.17, 15) is 9.81 Å². The van der Waals surface area contributed by atoms with Crippen molar-refractivity contribution in [2.45, 2.75) is 19.3 Å². The Morgan fingerprint density at radius 1 is 0.810 bits per heavy atom. The van der Waals surface area contributed by atoms with Gasteiger partial charge in [0.15, 0.2) is 6.07 Å². The summed E-state index contributed by atoms with van der Waals surface area (Å²) in [5, 5.41) is 11.8. The molecule has 1 saturated heterocycles. The molecule has 11 heteroatoms. The highest BCUT2D eigenvalue weighted by Crippen LogP contribution is 2.26. The Labute approximate surface area is 253 Å². The van der Waals surface area contributed by atoms with Gasteiger partial charge in [0.2, 0.25) is 0 Å². The minimum absolute atomic E-state index is 0.170. The van der Waals surface area contributed by atoms with E-state index < -0.39 is 11.4 Å². The van der Waals surface area contributed by atoms with Gasteiger partial charge < -0.3 is 37.9 Å². The fourth-order valence-corrected chi connectivity index (χ4v) is 5.13. The number of nitrogens with zero attached hydrogens (tertiary/aromatic N) is 2. The summed E-state index contributed by atoms with van der Waals surface area (Å²) in [7, 11) is 1.64. The molecule has 1 atom stereocenters. The first-order valence-electron chi connectivity index (χ1n) is 14.6. The molecule has 42 heavy (non-hydrogen) atoms. The second kappa shape index (κ2) is 21.4. The number of piperidine rings is 1. The fourth-order valence-electron chi connectivity index (χ4n) is 4.38. The van der Waals surface area contributed by atoms with Crippen molar-refractivity contribution in [3.8, 4) is 6.07 Å². The van der Waals surface area contributed by atoms with Crippen LogP contribution in [0.4, 0.5) is 5.69 Å². The molecule has 1 fully saturated rings. The molecule has 1 N–H and O–H groups in total. The third kappa shape index (κ3) is 13.4. The summed E-state index contributed by atoms with van der Waals surface area (Å²) in [5.41, 5.74) is 2.10. The van der Waals surface area contributed by atoms with E-state index in [1.165, 1.54) is 24.9 Å². The van der Waals surface area contributed by atoms with Crippen LogP contribution in [0.25, 0.3) is 16.8 Å². The molecule has 2 aromatic rings. The smallest absolute Gasteiger partial charge is 0.250 e. The predicted octanol–water partition coefficient (Wildman–Crippen LogP) is 3.68. The summed E-state index contributed by atoms with van der Waals surface area (Å²) in [6, 6.07) is 14.6. The second-order valence-electron chi connectivity index (χ2n) is 9.68. The zero-order valence-corrected chi connectivity index (χ0v) is 25.5. The second-order valence-corrected chi connectivity index (χ2v) is 10.9. The number of hydrogen-bond acceptors (Lipinski definition) is 10.